The fraction of sp³-hybridized carbons (Fsp3) is 0.185. The van der Waals surface area contributed by atoms with Gasteiger partial charge >= 0.3 is 5.97 Å². The van der Waals surface area contributed by atoms with Crippen LogP contribution >= 0.6 is 0 Å². The molecular formula is C27H24N4O5. The second-order valence-electron chi connectivity index (χ2n) is 8.08. The Morgan fingerprint density at radius 1 is 1.08 bits per heavy atom. The van der Waals surface area contributed by atoms with Gasteiger partial charge in [-0.1, -0.05) is 17.0 Å². The molecule has 2 aromatic carbocycles. The minimum Gasteiger partial charge on any atom is -0.481 e. The molecule has 0 aliphatic heterocycles. The molecule has 0 bridgehead atoms. The average molecular weight is 485 g/mol. The topological polar surface area (TPSA) is 130 Å². The first-order valence-electron chi connectivity index (χ1n) is 11.3. The van der Waals surface area contributed by atoms with E-state index in [4.69, 9.17) is 9.63 Å². The van der Waals surface area contributed by atoms with Gasteiger partial charge in [0.25, 0.3) is 5.91 Å². The van der Waals surface area contributed by atoms with Gasteiger partial charge in [-0.3, -0.25) is 9.59 Å². The maximum absolute atomic E-state index is 12.0. The SMILES string of the molecule is C[C@H](O)c1nccn1Cc1cc(-c2ccc(C#Cc3ccc(C(=O)NCCC(=O)O)cc3)cc2)on1. The number of imidazole rings is 1. The van der Waals surface area contributed by atoms with E-state index in [-0.39, 0.29) is 18.9 Å². The fourth-order valence-electron chi connectivity index (χ4n) is 3.47. The molecule has 36 heavy (non-hydrogen) atoms. The van der Waals surface area contributed by atoms with Crippen molar-refractivity contribution in [2.75, 3.05) is 6.54 Å². The van der Waals surface area contributed by atoms with Gasteiger partial charge in [-0.2, -0.15) is 0 Å². The second-order valence-corrected chi connectivity index (χ2v) is 8.08. The van der Waals surface area contributed by atoms with Crippen molar-refractivity contribution in [1.82, 2.24) is 20.0 Å². The number of aliphatic hydroxyl groups excluding tert-OH is 1. The molecule has 0 spiro atoms. The van der Waals surface area contributed by atoms with Gasteiger partial charge < -0.3 is 24.6 Å². The summed E-state index contributed by atoms with van der Waals surface area (Å²) < 4.78 is 7.31. The lowest BCUT2D eigenvalue weighted by molar-refractivity contribution is -0.136. The Bertz CT molecular complexity index is 1410. The highest BCUT2D eigenvalue weighted by molar-refractivity contribution is 5.94. The molecule has 9 nitrogen and oxygen atoms in total. The Kier molecular flexibility index (Phi) is 7.58. The smallest absolute Gasteiger partial charge is 0.305 e. The maximum atomic E-state index is 12.0. The minimum atomic E-state index is -0.961. The quantitative estimate of drug-likeness (QED) is 0.327. The van der Waals surface area contributed by atoms with Crippen molar-refractivity contribution < 1.29 is 24.3 Å². The van der Waals surface area contributed by atoms with Crippen LogP contribution in [0.15, 0.2) is 71.5 Å². The zero-order valence-electron chi connectivity index (χ0n) is 19.5. The summed E-state index contributed by atoms with van der Waals surface area (Å²) in [4.78, 5) is 26.7. The number of carboxylic acids is 1. The molecular weight excluding hydrogens is 460 g/mol. The van der Waals surface area contributed by atoms with Gasteiger partial charge in [-0.15, -0.1) is 0 Å². The van der Waals surface area contributed by atoms with Crippen molar-refractivity contribution in [2.45, 2.75) is 26.0 Å². The van der Waals surface area contributed by atoms with E-state index in [0.717, 1.165) is 16.7 Å². The third kappa shape index (κ3) is 6.25. The molecule has 0 saturated heterocycles. The maximum Gasteiger partial charge on any atom is 0.305 e. The Morgan fingerprint density at radius 2 is 1.75 bits per heavy atom. The number of aliphatic carboxylic acids is 1. The Morgan fingerprint density at radius 3 is 2.39 bits per heavy atom. The normalized spacial score (nSPS) is 11.4. The van der Waals surface area contributed by atoms with Crippen LogP contribution in [-0.4, -0.2) is 43.3 Å². The highest BCUT2D eigenvalue weighted by atomic mass is 16.5. The van der Waals surface area contributed by atoms with Gasteiger partial charge in [0.15, 0.2) is 5.76 Å². The second kappa shape index (κ2) is 11.2. The molecule has 0 unspecified atom stereocenters. The number of aliphatic hydroxyl groups is 1. The molecule has 1 amide bonds. The molecule has 3 N–H and O–H groups in total. The minimum absolute atomic E-state index is 0.0790. The molecule has 9 heteroatoms. The van der Waals surface area contributed by atoms with Crippen LogP contribution in [0.3, 0.4) is 0 Å². The first kappa shape index (κ1) is 24.4. The number of nitrogens with one attached hydrogen (secondary N) is 1. The molecule has 0 aliphatic carbocycles. The third-order valence-electron chi connectivity index (χ3n) is 5.30. The van der Waals surface area contributed by atoms with E-state index in [0.29, 0.717) is 29.4 Å². The molecule has 2 heterocycles. The summed E-state index contributed by atoms with van der Waals surface area (Å²) in [6.07, 6.45) is 2.63. The summed E-state index contributed by atoms with van der Waals surface area (Å²) in [6, 6.07) is 16.2. The highest BCUT2D eigenvalue weighted by Crippen LogP contribution is 2.22. The number of carboxylic acid groups (broad SMARTS) is 1. The molecule has 2 aromatic heterocycles. The van der Waals surface area contributed by atoms with Crippen LogP contribution in [0.25, 0.3) is 11.3 Å². The van der Waals surface area contributed by atoms with E-state index in [1.807, 2.05) is 34.9 Å². The van der Waals surface area contributed by atoms with E-state index in [1.54, 1.807) is 43.6 Å². The van der Waals surface area contributed by atoms with Gasteiger partial charge in [-0.05, 0) is 55.5 Å². The van der Waals surface area contributed by atoms with E-state index in [9.17, 15) is 14.7 Å². The van der Waals surface area contributed by atoms with Crippen LogP contribution in [-0.2, 0) is 11.3 Å². The molecule has 4 aromatic rings. The lowest BCUT2D eigenvalue weighted by Crippen LogP contribution is -2.25. The van der Waals surface area contributed by atoms with Crippen molar-refractivity contribution in [3.8, 4) is 23.2 Å². The highest BCUT2D eigenvalue weighted by Gasteiger charge is 2.12. The van der Waals surface area contributed by atoms with Crippen LogP contribution in [0.4, 0.5) is 0 Å². The molecule has 0 saturated carbocycles. The lowest BCUT2D eigenvalue weighted by Gasteiger charge is -2.07. The van der Waals surface area contributed by atoms with Gasteiger partial charge in [0, 0.05) is 47.3 Å². The number of aromatic nitrogens is 3. The molecule has 0 aliphatic rings. The lowest BCUT2D eigenvalue weighted by atomic mass is 10.1. The number of rotatable bonds is 8. The summed E-state index contributed by atoms with van der Waals surface area (Å²) in [6.45, 7) is 2.18. The van der Waals surface area contributed by atoms with Crippen molar-refractivity contribution in [1.29, 1.82) is 0 Å². The Balaban J connectivity index is 1.37. The summed E-state index contributed by atoms with van der Waals surface area (Å²) in [5.74, 6) is 6.06. The first-order chi connectivity index (χ1) is 17.4. The number of hydrogen-bond donors (Lipinski definition) is 3. The van der Waals surface area contributed by atoms with Crippen molar-refractivity contribution in [3.63, 3.8) is 0 Å². The first-order valence-corrected chi connectivity index (χ1v) is 11.3. The molecule has 182 valence electrons. The number of carbonyl (C=O) groups excluding carboxylic acids is 1. The van der Waals surface area contributed by atoms with Crippen molar-refractivity contribution in [3.05, 3.63) is 95.2 Å². The van der Waals surface area contributed by atoms with E-state index < -0.39 is 12.1 Å². The summed E-state index contributed by atoms with van der Waals surface area (Å²) in [7, 11) is 0. The third-order valence-corrected chi connectivity index (χ3v) is 5.30. The van der Waals surface area contributed by atoms with Gasteiger partial charge in [-0.25, -0.2) is 4.98 Å². The molecule has 0 fully saturated rings. The standard InChI is InChI=1S/C27H24N4O5/c1-18(32)26-28-14-15-31(26)17-23-16-24(36-30-23)21-8-4-19(5-9-21)2-3-20-6-10-22(11-7-20)27(35)29-13-12-25(33)34/h4-11,14-16,18,32H,12-13,17H2,1H3,(H,29,35)(H,33,34)/t18-/m0/s1. The van der Waals surface area contributed by atoms with Crippen LogP contribution in [0.5, 0.6) is 0 Å². The number of hydrogen-bond acceptors (Lipinski definition) is 6. The number of carbonyl (C=O) groups is 2. The number of nitrogens with zero attached hydrogens (tertiary/aromatic N) is 3. The number of amides is 1. The molecule has 4 rings (SSSR count). The monoisotopic (exact) mass is 484 g/mol. The largest absolute Gasteiger partial charge is 0.481 e. The predicted molar refractivity (Wildman–Crippen MR) is 131 cm³/mol. The zero-order chi connectivity index (χ0) is 25.5. The van der Waals surface area contributed by atoms with Gasteiger partial charge in [0.1, 0.15) is 17.6 Å². The van der Waals surface area contributed by atoms with E-state index in [1.165, 1.54) is 0 Å². The summed E-state index contributed by atoms with van der Waals surface area (Å²) in [5.41, 5.74) is 3.58. The van der Waals surface area contributed by atoms with Crippen LogP contribution in [0, 0.1) is 11.8 Å². The van der Waals surface area contributed by atoms with Crippen molar-refractivity contribution in [2.24, 2.45) is 0 Å². The van der Waals surface area contributed by atoms with Crippen LogP contribution in [0.1, 0.15) is 52.5 Å². The van der Waals surface area contributed by atoms with Crippen molar-refractivity contribution >= 4 is 11.9 Å². The fourth-order valence-corrected chi connectivity index (χ4v) is 3.47. The summed E-state index contributed by atoms with van der Waals surface area (Å²) >= 11 is 0. The molecule has 0 radical (unpaired) electrons. The predicted octanol–water partition coefficient (Wildman–Crippen LogP) is 3.24. The Hall–Kier alpha value is -4.68. The van der Waals surface area contributed by atoms with E-state index in [2.05, 4.69) is 27.3 Å². The van der Waals surface area contributed by atoms with Gasteiger partial charge in [0.2, 0.25) is 0 Å². The van der Waals surface area contributed by atoms with Gasteiger partial charge in [0.05, 0.1) is 13.0 Å². The number of benzene rings is 2. The molecule has 1 atom stereocenters. The van der Waals surface area contributed by atoms with Crippen LogP contribution in [0.2, 0.25) is 0 Å². The zero-order valence-corrected chi connectivity index (χ0v) is 19.5. The van der Waals surface area contributed by atoms with E-state index >= 15 is 0 Å². The summed E-state index contributed by atoms with van der Waals surface area (Å²) in [5, 5.41) is 25.1. The average Bonchev–Trinajstić information content (AvgIpc) is 3.53. The van der Waals surface area contributed by atoms with Crippen LogP contribution < -0.4 is 5.32 Å². The Labute approximate surface area is 207 Å².